The molecule has 25 heavy (non-hydrogen) atoms. The van der Waals surface area contributed by atoms with Crippen LogP contribution in [-0.4, -0.2) is 41.4 Å². The normalized spacial score (nSPS) is 22.1. The van der Waals surface area contributed by atoms with Crippen LogP contribution in [0, 0.1) is 0 Å². The summed E-state index contributed by atoms with van der Waals surface area (Å²) in [6.07, 6.45) is 6.13. The summed E-state index contributed by atoms with van der Waals surface area (Å²) in [5, 5.41) is 2.84. The van der Waals surface area contributed by atoms with Gasteiger partial charge in [-0.1, -0.05) is 31.0 Å². The highest BCUT2D eigenvalue weighted by Gasteiger charge is 2.52. The van der Waals surface area contributed by atoms with E-state index in [2.05, 4.69) is 5.32 Å². The maximum absolute atomic E-state index is 12.9. The zero-order valence-electron chi connectivity index (χ0n) is 14.3. The maximum Gasteiger partial charge on any atom is 0.325 e. The molecule has 2 heterocycles. The fourth-order valence-corrected chi connectivity index (χ4v) is 4.31. The number of fused-ring (bicyclic) bond motifs is 1. The van der Waals surface area contributed by atoms with E-state index in [1.807, 2.05) is 24.3 Å². The molecule has 3 aliphatic rings. The van der Waals surface area contributed by atoms with Crippen LogP contribution in [0.1, 0.15) is 44.1 Å². The van der Waals surface area contributed by atoms with Crippen molar-refractivity contribution in [3.63, 3.8) is 0 Å². The van der Waals surface area contributed by atoms with Gasteiger partial charge in [-0.15, -0.1) is 0 Å². The minimum atomic E-state index is -0.756. The SMILES string of the molecule is O=C1NC2(CCCC2)C(=O)N1CC(=O)N1CCCCc2ccccc21. The standard InChI is InChI=1S/C19H23N3O3/c23-16(21-12-6-3-8-14-7-1-2-9-15(14)21)13-22-17(24)19(20-18(22)25)10-4-5-11-19/h1-2,7,9H,3-6,8,10-13H2,(H,20,25). The van der Waals surface area contributed by atoms with Gasteiger partial charge in [0, 0.05) is 12.2 Å². The monoisotopic (exact) mass is 341 g/mol. The van der Waals surface area contributed by atoms with Crippen LogP contribution in [0.3, 0.4) is 0 Å². The van der Waals surface area contributed by atoms with Crippen molar-refractivity contribution < 1.29 is 14.4 Å². The molecular formula is C19H23N3O3. The summed E-state index contributed by atoms with van der Waals surface area (Å²) in [4.78, 5) is 40.8. The molecule has 0 radical (unpaired) electrons. The molecule has 1 spiro atoms. The van der Waals surface area contributed by atoms with Gasteiger partial charge in [-0.2, -0.15) is 0 Å². The molecule has 132 valence electrons. The second kappa shape index (κ2) is 6.17. The molecule has 1 saturated heterocycles. The van der Waals surface area contributed by atoms with Crippen molar-refractivity contribution in [2.45, 2.75) is 50.5 Å². The first kappa shape index (κ1) is 16.1. The lowest BCUT2D eigenvalue weighted by atomic mass is 9.98. The molecule has 2 aliphatic heterocycles. The quantitative estimate of drug-likeness (QED) is 0.839. The average Bonchev–Trinajstić information content (AvgIpc) is 3.08. The van der Waals surface area contributed by atoms with Crippen LogP contribution in [0.25, 0.3) is 0 Å². The van der Waals surface area contributed by atoms with Crippen molar-refractivity contribution in [2.24, 2.45) is 0 Å². The molecule has 4 rings (SSSR count). The number of carbonyl (C=O) groups is 3. The van der Waals surface area contributed by atoms with Gasteiger partial charge in [0.15, 0.2) is 0 Å². The number of hydrogen-bond donors (Lipinski definition) is 1. The van der Waals surface area contributed by atoms with E-state index in [1.54, 1.807) is 4.90 Å². The van der Waals surface area contributed by atoms with Crippen molar-refractivity contribution in [3.8, 4) is 0 Å². The third-order valence-corrected chi connectivity index (χ3v) is 5.66. The van der Waals surface area contributed by atoms with E-state index in [-0.39, 0.29) is 18.4 Å². The van der Waals surface area contributed by atoms with E-state index in [0.29, 0.717) is 19.4 Å². The number of urea groups is 1. The van der Waals surface area contributed by atoms with E-state index < -0.39 is 11.6 Å². The van der Waals surface area contributed by atoms with Gasteiger partial charge in [0.25, 0.3) is 5.91 Å². The van der Waals surface area contributed by atoms with Gasteiger partial charge in [0.1, 0.15) is 12.1 Å². The Balaban J connectivity index is 1.54. The van der Waals surface area contributed by atoms with E-state index in [4.69, 9.17) is 0 Å². The zero-order valence-corrected chi connectivity index (χ0v) is 14.3. The molecular weight excluding hydrogens is 318 g/mol. The minimum absolute atomic E-state index is 0.180. The fraction of sp³-hybridized carbons (Fsp3) is 0.526. The highest BCUT2D eigenvalue weighted by Crippen LogP contribution is 2.35. The second-order valence-corrected chi connectivity index (χ2v) is 7.24. The average molecular weight is 341 g/mol. The lowest BCUT2D eigenvalue weighted by Gasteiger charge is -2.25. The second-order valence-electron chi connectivity index (χ2n) is 7.24. The predicted octanol–water partition coefficient (Wildman–Crippen LogP) is 2.22. The molecule has 1 aromatic rings. The lowest BCUT2D eigenvalue weighted by molar-refractivity contribution is -0.134. The van der Waals surface area contributed by atoms with Crippen LogP contribution in [0.5, 0.6) is 0 Å². The predicted molar refractivity (Wildman–Crippen MR) is 93.2 cm³/mol. The van der Waals surface area contributed by atoms with Gasteiger partial charge in [0.2, 0.25) is 5.91 Å². The first-order chi connectivity index (χ1) is 12.1. The van der Waals surface area contributed by atoms with Crippen molar-refractivity contribution in [3.05, 3.63) is 29.8 Å². The topological polar surface area (TPSA) is 69.7 Å². The Kier molecular flexibility index (Phi) is 3.98. The molecule has 1 aromatic carbocycles. The number of para-hydroxylation sites is 1. The van der Waals surface area contributed by atoms with Gasteiger partial charge in [-0.25, -0.2) is 4.79 Å². The smallest absolute Gasteiger partial charge is 0.323 e. The first-order valence-electron chi connectivity index (χ1n) is 9.13. The zero-order chi connectivity index (χ0) is 17.4. The number of hydrogen-bond acceptors (Lipinski definition) is 3. The number of nitrogens with zero attached hydrogens (tertiary/aromatic N) is 2. The van der Waals surface area contributed by atoms with Crippen LogP contribution < -0.4 is 10.2 Å². The molecule has 6 heteroatoms. The fourth-order valence-electron chi connectivity index (χ4n) is 4.31. The summed E-state index contributed by atoms with van der Waals surface area (Å²) in [5.41, 5.74) is 1.30. The van der Waals surface area contributed by atoms with Gasteiger partial charge >= 0.3 is 6.03 Å². The third-order valence-electron chi connectivity index (χ3n) is 5.66. The number of imide groups is 1. The summed E-state index contributed by atoms with van der Waals surface area (Å²) in [7, 11) is 0. The minimum Gasteiger partial charge on any atom is -0.323 e. The number of aryl methyl sites for hydroxylation is 1. The Morgan fingerprint density at radius 1 is 1.08 bits per heavy atom. The first-order valence-corrected chi connectivity index (χ1v) is 9.13. The van der Waals surface area contributed by atoms with Crippen LogP contribution >= 0.6 is 0 Å². The van der Waals surface area contributed by atoms with Crippen molar-refractivity contribution in [1.29, 1.82) is 0 Å². The molecule has 2 fully saturated rings. The maximum atomic E-state index is 12.9. The summed E-state index contributed by atoms with van der Waals surface area (Å²) in [6, 6.07) is 7.47. The van der Waals surface area contributed by atoms with Crippen molar-refractivity contribution >= 4 is 23.5 Å². The largest absolute Gasteiger partial charge is 0.325 e. The summed E-state index contributed by atoms with van der Waals surface area (Å²) in [5.74, 6) is -0.417. The number of rotatable bonds is 2. The number of nitrogens with one attached hydrogen (secondary N) is 1. The van der Waals surface area contributed by atoms with E-state index in [0.717, 1.165) is 48.3 Å². The number of anilines is 1. The van der Waals surface area contributed by atoms with Gasteiger partial charge in [-0.3, -0.25) is 14.5 Å². The van der Waals surface area contributed by atoms with Gasteiger partial charge in [0.05, 0.1) is 0 Å². The molecule has 0 aromatic heterocycles. The molecule has 1 aliphatic carbocycles. The molecule has 0 atom stereocenters. The number of carbonyl (C=O) groups excluding carboxylic acids is 3. The Morgan fingerprint density at radius 3 is 2.64 bits per heavy atom. The Hall–Kier alpha value is -2.37. The lowest BCUT2D eigenvalue weighted by Crippen LogP contribution is -2.46. The Bertz CT molecular complexity index is 724. The highest BCUT2D eigenvalue weighted by molar-refractivity contribution is 6.10. The molecule has 1 saturated carbocycles. The summed E-state index contributed by atoms with van der Waals surface area (Å²) in [6.45, 7) is 0.450. The Labute approximate surface area is 147 Å². The molecule has 0 bridgehead atoms. The van der Waals surface area contributed by atoms with Gasteiger partial charge < -0.3 is 10.2 Å². The molecule has 1 N–H and O–H groups in total. The van der Waals surface area contributed by atoms with E-state index in [1.165, 1.54) is 0 Å². The van der Waals surface area contributed by atoms with E-state index in [9.17, 15) is 14.4 Å². The number of benzene rings is 1. The number of amides is 4. The van der Waals surface area contributed by atoms with Crippen LogP contribution in [0.4, 0.5) is 10.5 Å². The van der Waals surface area contributed by atoms with Crippen molar-refractivity contribution in [2.75, 3.05) is 18.0 Å². The van der Waals surface area contributed by atoms with E-state index >= 15 is 0 Å². The Morgan fingerprint density at radius 2 is 1.84 bits per heavy atom. The molecule has 4 amide bonds. The van der Waals surface area contributed by atoms with Crippen LogP contribution in [0.2, 0.25) is 0 Å². The third kappa shape index (κ3) is 2.69. The van der Waals surface area contributed by atoms with Crippen LogP contribution in [0.15, 0.2) is 24.3 Å². The molecule has 0 unspecified atom stereocenters. The highest BCUT2D eigenvalue weighted by atomic mass is 16.2. The molecule has 6 nitrogen and oxygen atoms in total. The summed E-state index contributed by atoms with van der Waals surface area (Å²) < 4.78 is 0. The summed E-state index contributed by atoms with van der Waals surface area (Å²) >= 11 is 0. The van der Waals surface area contributed by atoms with Crippen molar-refractivity contribution in [1.82, 2.24) is 10.2 Å². The van der Waals surface area contributed by atoms with Gasteiger partial charge in [-0.05, 0) is 43.7 Å². The van der Waals surface area contributed by atoms with Crippen LogP contribution in [-0.2, 0) is 16.0 Å².